The van der Waals surface area contributed by atoms with Gasteiger partial charge in [-0.3, -0.25) is 4.79 Å². The fourth-order valence-electron chi connectivity index (χ4n) is 1.62. The number of primary amides is 1. The van der Waals surface area contributed by atoms with Crippen molar-refractivity contribution in [3.63, 3.8) is 0 Å². The van der Waals surface area contributed by atoms with Gasteiger partial charge in [0.1, 0.15) is 5.82 Å². The molecule has 100 valence electrons. The van der Waals surface area contributed by atoms with Crippen LogP contribution in [-0.4, -0.2) is 18.0 Å². The number of anilines is 1. The smallest absolute Gasteiger partial charge is 0.253 e. The molecule has 1 unspecified atom stereocenters. The van der Waals surface area contributed by atoms with Gasteiger partial charge in [0.25, 0.3) is 5.91 Å². The summed E-state index contributed by atoms with van der Waals surface area (Å²) in [6, 6.07) is 4.36. The molecule has 0 aliphatic rings. The van der Waals surface area contributed by atoms with Crippen molar-refractivity contribution in [1.29, 1.82) is 0 Å². The number of hydrogen-bond donors (Lipinski definition) is 3. The van der Waals surface area contributed by atoms with Gasteiger partial charge in [-0.1, -0.05) is 19.9 Å². The molecule has 0 saturated heterocycles. The second kappa shape index (κ2) is 5.35. The molecule has 1 rings (SSSR count). The van der Waals surface area contributed by atoms with Gasteiger partial charge < -0.3 is 16.8 Å². The van der Waals surface area contributed by atoms with Crippen LogP contribution in [0.15, 0.2) is 18.2 Å². The highest BCUT2D eigenvalue weighted by atomic mass is 19.1. The van der Waals surface area contributed by atoms with Crippen LogP contribution in [0.1, 0.15) is 31.1 Å². The molecule has 0 aliphatic carbocycles. The first-order valence-corrected chi connectivity index (χ1v) is 5.88. The minimum Gasteiger partial charge on any atom is -0.378 e. The Labute approximate surface area is 107 Å². The van der Waals surface area contributed by atoms with Gasteiger partial charge in [0.15, 0.2) is 0 Å². The Morgan fingerprint density at radius 2 is 2.11 bits per heavy atom. The van der Waals surface area contributed by atoms with E-state index >= 15 is 0 Å². The topological polar surface area (TPSA) is 81.1 Å². The minimum absolute atomic E-state index is 0.127. The van der Waals surface area contributed by atoms with E-state index in [0.29, 0.717) is 12.2 Å². The van der Waals surface area contributed by atoms with Crippen LogP contribution >= 0.6 is 0 Å². The van der Waals surface area contributed by atoms with Crippen molar-refractivity contribution in [2.45, 2.75) is 26.3 Å². The van der Waals surface area contributed by atoms with Gasteiger partial charge in [-0.25, -0.2) is 4.39 Å². The van der Waals surface area contributed by atoms with Gasteiger partial charge in [0.05, 0.1) is 11.3 Å². The number of nitrogens with one attached hydrogen (secondary N) is 1. The predicted octanol–water partition coefficient (Wildman–Crippen LogP) is 1.71. The van der Waals surface area contributed by atoms with Gasteiger partial charge in [-0.05, 0) is 25.0 Å². The molecule has 1 aromatic rings. The number of benzene rings is 1. The lowest BCUT2D eigenvalue weighted by atomic mass is 9.88. The molecule has 0 radical (unpaired) electrons. The first-order valence-electron chi connectivity index (χ1n) is 5.88. The van der Waals surface area contributed by atoms with Crippen molar-refractivity contribution in [3.05, 3.63) is 29.6 Å². The number of carbonyl (C=O) groups excluding carboxylic acids is 1. The van der Waals surface area contributed by atoms with Crippen LogP contribution in [-0.2, 0) is 0 Å². The molecule has 0 saturated carbocycles. The molecule has 0 spiro atoms. The van der Waals surface area contributed by atoms with Gasteiger partial charge >= 0.3 is 0 Å². The number of carbonyl (C=O) groups is 1. The Bertz CT molecular complexity index is 448. The average molecular weight is 253 g/mol. The standard InChI is InChI=1S/C13H20FN3O/c1-8(2)13(3,7-15)17-10-6-4-5-9(14)11(10)12(16)18/h4-6,8,17H,7,15H2,1-3H3,(H2,16,18). The largest absolute Gasteiger partial charge is 0.378 e. The molecule has 0 fully saturated rings. The molecule has 0 aromatic heterocycles. The van der Waals surface area contributed by atoms with Crippen molar-refractivity contribution in [1.82, 2.24) is 0 Å². The van der Waals surface area contributed by atoms with Crippen LogP contribution in [0.25, 0.3) is 0 Å². The van der Waals surface area contributed by atoms with Crippen molar-refractivity contribution in [2.75, 3.05) is 11.9 Å². The predicted molar refractivity (Wildman–Crippen MR) is 70.8 cm³/mol. The molecule has 5 heteroatoms. The number of amides is 1. The fourth-order valence-corrected chi connectivity index (χ4v) is 1.62. The molecule has 0 heterocycles. The summed E-state index contributed by atoms with van der Waals surface area (Å²) < 4.78 is 13.6. The van der Waals surface area contributed by atoms with Gasteiger partial charge in [-0.15, -0.1) is 0 Å². The Kier molecular flexibility index (Phi) is 4.29. The van der Waals surface area contributed by atoms with E-state index < -0.39 is 17.3 Å². The highest BCUT2D eigenvalue weighted by molar-refractivity contribution is 5.98. The Balaban J connectivity index is 3.19. The normalized spacial score (nSPS) is 14.3. The van der Waals surface area contributed by atoms with Gasteiger partial charge in [0, 0.05) is 12.1 Å². The van der Waals surface area contributed by atoms with E-state index in [4.69, 9.17) is 11.5 Å². The number of halogens is 1. The van der Waals surface area contributed by atoms with Crippen molar-refractivity contribution in [3.8, 4) is 0 Å². The maximum Gasteiger partial charge on any atom is 0.253 e. The summed E-state index contributed by atoms with van der Waals surface area (Å²) in [6.07, 6.45) is 0. The first-order chi connectivity index (χ1) is 8.31. The fraction of sp³-hybridized carbons (Fsp3) is 0.462. The molecule has 1 atom stereocenters. The van der Waals surface area contributed by atoms with Gasteiger partial charge in [-0.2, -0.15) is 0 Å². The highest BCUT2D eigenvalue weighted by Gasteiger charge is 2.28. The minimum atomic E-state index is -0.793. The highest BCUT2D eigenvalue weighted by Crippen LogP contribution is 2.26. The van der Waals surface area contributed by atoms with Crippen LogP contribution in [0.3, 0.4) is 0 Å². The summed E-state index contributed by atoms with van der Waals surface area (Å²) in [5.41, 5.74) is 10.8. The third-order valence-corrected chi connectivity index (χ3v) is 3.38. The summed E-state index contributed by atoms with van der Waals surface area (Å²) in [4.78, 5) is 11.3. The van der Waals surface area contributed by atoms with E-state index in [1.165, 1.54) is 12.1 Å². The van der Waals surface area contributed by atoms with E-state index in [2.05, 4.69) is 5.32 Å². The van der Waals surface area contributed by atoms with Crippen LogP contribution in [0.2, 0.25) is 0 Å². The zero-order valence-corrected chi connectivity index (χ0v) is 11.0. The van der Waals surface area contributed by atoms with Crippen LogP contribution in [0.5, 0.6) is 0 Å². The van der Waals surface area contributed by atoms with Gasteiger partial charge in [0.2, 0.25) is 0 Å². The Morgan fingerprint density at radius 3 is 2.56 bits per heavy atom. The molecular weight excluding hydrogens is 233 g/mol. The molecule has 5 N–H and O–H groups in total. The maximum absolute atomic E-state index is 13.6. The molecule has 0 bridgehead atoms. The van der Waals surface area contributed by atoms with Crippen molar-refractivity contribution >= 4 is 11.6 Å². The van der Waals surface area contributed by atoms with Crippen molar-refractivity contribution < 1.29 is 9.18 Å². The van der Waals surface area contributed by atoms with E-state index in [-0.39, 0.29) is 11.5 Å². The average Bonchev–Trinajstić information content (AvgIpc) is 2.28. The summed E-state index contributed by atoms with van der Waals surface area (Å²) in [7, 11) is 0. The molecule has 4 nitrogen and oxygen atoms in total. The van der Waals surface area contributed by atoms with Crippen LogP contribution in [0, 0.1) is 11.7 Å². The molecule has 0 aliphatic heterocycles. The SMILES string of the molecule is CC(C)C(C)(CN)Nc1cccc(F)c1C(N)=O. The maximum atomic E-state index is 13.6. The molecule has 18 heavy (non-hydrogen) atoms. The summed E-state index contributed by atoms with van der Waals surface area (Å²) in [5, 5.41) is 3.13. The van der Waals surface area contributed by atoms with Crippen LogP contribution < -0.4 is 16.8 Å². The van der Waals surface area contributed by atoms with E-state index in [0.717, 1.165) is 0 Å². The quantitative estimate of drug-likeness (QED) is 0.747. The lowest BCUT2D eigenvalue weighted by Crippen LogP contribution is -2.47. The lowest BCUT2D eigenvalue weighted by molar-refractivity contribution is 0.0997. The first kappa shape index (κ1) is 14.4. The molecule has 1 aromatic carbocycles. The molecular formula is C13H20FN3O. The van der Waals surface area contributed by atoms with Crippen LogP contribution in [0.4, 0.5) is 10.1 Å². The third-order valence-electron chi connectivity index (χ3n) is 3.38. The zero-order chi connectivity index (χ0) is 13.9. The monoisotopic (exact) mass is 253 g/mol. The second-order valence-electron chi connectivity index (χ2n) is 4.93. The molecule has 1 amide bonds. The summed E-state index contributed by atoms with van der Waals surface area (Å²) in [5.74, 6) is -1.21. The number of hydrogen-bond acceptors (Lipinski definition) is 3. The van der Waals surface area contributed by atoms with E-state index in [1.54, 1.807) is 6.07 Å². The second-order valence-corrected chi connectivity index (χ2v) is 4.93. The van der Waals surface area contributed by atoms with E-state index in [9.17, 15) is 9.18 Å². The summed E-state index contributed by atoms with van der Waals surface area (Å²) >= 11 is 0. The Morgan fingerprint density at radius 1 is 1.50 bits per heavy atom. The third kappa shape index (κ3) is 2.79. The lowest BCUT2D eigenvalue weighted by Gasteiger charge is -2.35. The number of nitrogens with two attached hydrogens (primary N) is 2. The van der Waals surface area contributed by atoms with Crippen molar-refractivity contribution in [2.24, 2.45) is 17.4 Å². The Hall–Kier alpha value is -1.62. The van der Waals surface area contributed by atoms with E-state index in [1.807, 2.05) is 20.8 Å². The number of rotatable bonds is 5. The summed E-state index contributed by atoms with van der Waals surface area (Å²) in [6.45, 7) is 6.29. The zero-order valence-electron chi connectivity index (χ0n) is 11.0.